The number of benzene rings is 1. The van der Waals surface area contributed by atoms with Gasteiger partial charge in [0.15, 0.2) is 0 Å². The maximum atomic E-state index is 12.7. The molecule has 1 aliphatic heterocycles. The van der Waals surface area contributed by atoms with Crippen LogP contribution in [0, 0.1) is 5.92 Å². The summed E-state index contributed by atoms with van der Waals surface area (Å²) in [6.45, 7) is 2.25. The maximum absolute atomic E-state index is 12.7. The summed E-state index contributed by atoms with van der Waals surface area (Å²) in [5.74, 6) is -0.940. The molecule has 3 heterocycles. The van der Waals surface area contributed by atoms with Crippen molar-refractivity contribution in [1.82, 2.24) is 25.8 Å². The first-order valence-corrected chi connectivity index (χ1v) is 10.4. The Balaban J connectivity index is 1.48. The predicted octanol–water partition coefficient (Wildman–Crippen LogP) is 2.44. The molecular formula is C20H19Cl2N5O4. The first-order chi connectivity index (χ1) is 15.0. The fourth-order valence-corrected chi connectivity index (χ4v) is 3.68. The van der Waals surface area contributed by atoms with E-state index >= 15 is 0 Å². The van der Waals surface area contributed by atoms with E-state index in [-0.39, 0.29) is 29.4 Å². The van der Waals surface area contributed by atoms with Gasteiger partial charge in [-0.3, -0.25) is 14.3 Å². The molecule has 162 valence electrons. The number of pyridine rings is 1. The maximum Gasteiger partial charge on any atom is 0.439 e. The minimum Gasteiger partial charge on any atom is -0.372 e. The van der Waals surface area contributed by atoms with Crippen molar-refractivity contribution in [1.29, 1.82) is 0 Å². The van der Waals surface area contributed by atoms with Crippen LogP contribution in [-0.2, 0) is 4.74 Å². The van der Waals surface area contributed by atoms with Crippen molar-refractivity contribution in [3.63, 3.8) is 0 Å². The molecule has 1 fully saturated rings. The average molecular weight is 464 g/mol. The minimum atomic E-state index is -0.694. The number of aromatic nitrogens is 3. The number of carbonyl (C=O) groups excluding carboxylic acids is 1. The van der Waals surface area contributed by atoms with Gasteiger partial charge in [0.2, 0.25) is 5.82 Å². The molecule has 1 amide bonds. The number of H-pyrrole nitrogens is 1. The molecule has 1 aromatic carbocycles. The van der Waals surface area contributed by atoms with Gasteiger partial charge < -0.3 is 15.4 Å². The fraction of sp³-hybridized carbons (Fsp3) is 0.300. The van der Waals surface area contributed by atoms with Gasteiger partial charge in [-0.15, -0.1) is 0 Å². The lowest BCUT2D eigenvalue weighted by Crippen LogP contribution is -2.36. The number of rotatable bonds is 5. The smallest absolute Gasteiger partial charge is 0.372 e. The zero-order chi connectivity index (χ0) is 21.8. The topological polar surface area (TPSA) is 122 Å². The molecule has 4 rings (SSSR count). The zero-order valence-corrected chi connectivity index (χ0v) is 17.7. The fourth-order valence-electron chi connectivity index (χ4n) is 3.37. The van der Waals surface area contributed by atoms with E-state index in [0.717, 1.165) is 5.56 Å². The molecule has 0 saturated carbocycles. The second-order valence-corrected chi connectivity index (χ2v) is 7.81. The molecule has 31 heavy (non-hydrogen) atoms. The summed E-state index contributed by atoms with van der Waals surface area (Å²) in [6, 6.07) is 10.3. The van der Waals surface area contributed by atoms with Crippen molar-refractivity contribution >= 4 is 29.1 Å². The Morgan fingerprint density at radius 2 is 2.10 bits per heavy atom. The molecule has 0 spiro atoms. The van der Waals surface area contributed by atoms with Crippen molar-refractivity contribution < 1.29 is 14.1 Å². The van der Waals surface area contributed by atoms with Crippen LogP contribution < -0.4 is 16.4 Å². The van der Waals surface area contributed by atoms with Crippen molar-refractivity contribution in [2.24, 2.45) is 5.92 Å². The zero-order valence-electron chi connectivity index (χ0n) is 16.2. The third-order valence-electron chi connectivity index (χ3n) is 4.87. The highest BCUT2D eigenvalue weighted by atomic mass is 35.5. The predicted molar refractivity (Wildman–Crippen MR) is 114 cm³/mol. The lowest BCUT2D eigenvalue weighted by atomic mass is 9.95. The molecule has 0 bridgehead atoms. The van der Waals surface area contributed by atoms with E-state index in [1.54, 1.807) is 30.3 Å². The molecule has 2 atom stereocenters. The van der Waals surface area contributed by atoms with E-state index in [1.807, 2.05) is 6.07 Å². The summed E-state index contributed by atoms with van der Waals surface area (Å²) in [6.07, 6.45) is -0.260. The summed E-state index contributed by atoms with van der Waals surface area (Å²) in [7, 11) is 0. The van der Waals surface area contributed by atoms with Gasteiger partial charge in [0.25, 0.3) is 5.91 Å². The Morgan fingerprint density at radius 3 is 2.87 bits per heavy atom. The normalized spacial score (nSPS) is 19.0. The number of carbonyl (C=O) groups is 1. The number of ether oxygens (including phenoxy) is 1. The van der Waals surface area contributed by atoms with Crippen LogP contribution in [0.5, 0.6) is 0 Å². The quantitative estimate of drug-likeness (QED) is 0.530. The van der Waals surface area contributed by atoms with Crippen LogP contribution in [-0.4, -0.2) is 47.3 Å². The summed E-state index contributed by atoms with van der Waals surface area (Å²) < 4.78 is 10.5. The SMILES string of the molecule is O=C(NCC1CNCCOC1c1ccc(Cl)c(Cl)c1)c1cccc(-c2noc(=O)[nH]2)n1. The summed E-state index contributed by atoms with van der Waals surface area (Å²) >= 11 is 12.2. The lowest BCUT2D eigenvalue weighted by molar-refractivity contribution is 0.0305. The third kappa shape index (κ3) is 5.13. The Morgan fingerprint density at radius 1 is 1.23 bits per heavy atom. The summed E-state index contributed by atoms with van der Waals surface area (Å²) in [4.78, 5) is 30.5. The van der Waals surface area contributed by atoms with Crippen molar-refractivity contribution in [2.45, 2.75) is 6.10 Å². The van der Waals surface area contributed by atoms with Crippen LogP contribution in [0.25, 0.3) is 11.5 Å². The van der Waals surface area contributed by atoms with E-state index in [9.17, 15) is 9.59 Å². The van der Waals surface area contributed by atoms with Gasteiger partial charge in [-0.2, -0.15) is 0 Å². The third-order valence-corrected chi connectivity index (χ3v) is 5.61. The van der Waals surface area contributed by atoms with Crippen LogP contribution in [0.15, 0.2) is 45.7 Å². The Kier molecular flexibility index (Phi) is 6.67. The van der Waals surface area contributed by atoms with E-state index in [0.29, 0.717) is 42.0 Å². The molecule has 0 radical (unpaired) electrons. The first kappa shape index (κ1) is 21.5. The highest BCUT2D eigenvalue weighted by molar-refractivity contribution is 6.42. The molecule has 0 aliphatic carbocycles. The molecule has 2 unspecified atom stereocenters. The minimum absolute atomic E-state index is 0.0428. The summed E-state index contributed by atoms with van der Waals surface area (Å²) in [5, 5.41) is 10.7. The van der Waals surface area contributed by atoms with E-state index in [1.165, 1.54) is 0 Å². The second kappa shape index (κ2) is 9.61. The Bertz CT molecular complexity index is 1130. The number of hydrogen-bond donors (Lipinski definition) is 3. The molecule has 9 nitrogen and oxygen atoms in total. The van der Waals surface area contributed by atoms with Crippen LogP contribution >= 0.6 is 23.2 Å². The van der Waals surface area contributed by atoms with Gasteiger partial charge in [0.1, 0.15) is 11.4 Å². The Hall–Kier alpha value is -2.72. The standard InChI is InChI=1S/C20H19Cl2N5O4/c21-13-5-4-11(8-14(13)22)17-12(9-23-6-7-30-17)10-24-19(28)16-3-1-2-15(25-16)18-26-20(29)31-27-18/h1-5,8,12,17,23H,6-7,9-10H2,(H,24,28)(H,26,27,29). The molecule has 1 saturated heterocycles. The van der Waals surface area contributed by atoms with Gasteiger partial charge in [0, 0.05) is 25.6 Å². The van der Waals surface area contributed by atoms with Crippen LogP contribution in [0.3, 0.4) is 0 Å². The van der Waals surface area contributed by atoms with E-state index in [2.05, 4.69) is 30.3 Å². The number of nitrogens with zero attached hydrogens (tertiary/aromatic N) is 2. The monoisotopic (exact) mass is 463 g/mol. The molecule has 3 N–H and O–H groups in total. The van der Waals surface area contributed by atoms with Crippen LogP contribution in [0.1, 0.15) is 22.2 Å². The molecule has 3 aromatic rings. The van der Waals surface area contributed by atoms with Crippen LogP contribution in [0.2, 0.25) is 10.0 Å². The molecular weight excluding hydrogens is 445 g/mol. The first-order valence-electron chi connectivity index (χ1n) is 9.60. The molecule has 1 aliphatic rings. The van der Waals surface area contributed by atoms with Crippen molar-refractivity contribution in [3.8, 4) is 11.5 Å². The molecule has 2 aromatic heterocycles. The van der Waals surface area contributed by atoms with Crippen molar-refractivity contribution in [2.75, 3.05) is 26.2 Å². The van der Waals surface area contributed by atoms with Crippen LogP contribution in [0.4, 0.5) is 0 Å². The summed E-state index contributed by atoms with van der Waals surface area (Å²) in [5.41, 5.74) is 1.41. The van der Waals surface area contributed by atoms with Gasteiger partial charge in [0.05, 0.1) is 22.8 Å². The van der Waals surface area contributed by atoms with E-state index < -0.39 is 5.76 Å². The highest BCUT2D eigenvalue weighted by Gasteiger charge is 2.27. The largest absolute Gasteiger partial charge is 0.439 e. The second-order valence-electron chi connectivity index (χ2n) is 6.99. The van der Waals surface area contributed by atoms with Gasteiger partial charge in [-0.1, -0.05) is 40.5 Å². The van der Waals surface area contributed by atoms with Crippen molar-refractivity contribution in [3.05, 3.63) is 68.3 Å². The number of nitrogens with one attached hydrogen (secondary N) is 3. The van der Waals surface area contributed by atoms with Gasteiger partial charge in [-0.05, 0) is 29.8 Å². The average Bonchev–Trinajstić information content (AvgIpc) is 3.07. The number of halogens is 2. The lowest BCUT2D eigenvalue weighted by Gasteiger charge is -2.25. The van der Waals surface area contributed by atoms with Gasteiger partial charge in [-0.25, -0.2) is 9.78 Å². The number of hydrogen-bond acceptors (Lipinski definition) is 7. The highest BCUT2D eigenvalue weighted by Crippen LogP contribution is 2.32. The molecule has 11 heteroatoms. The number of amides is 1. The van der Waals surface area contributed by atoms with Gasteiger partial charge >= 0.3 is 5.76 Å². The Labute approximate surface area is 187 Å². The van der Waals surface area contributed by atoms with E-state index in [4.69, 9.17) is 27.9 Å². The number of aromatic amines is 1.